The highest BCUT2D eigenvalue weighted by molar-refractivity contribution is 6.12. The maximum Gasteiger partial charge on any atom is 0.160 e. The van der Waals surface area contributed by atoms with Crippen molar-refractivity contribution in [3.63, 3.8) is 0 Å². The number of fused-ring (bicyclic) bond motifs is 15. The molecular formula is C135H96N6. The molecule has 0 N–H and O–H groups in total. The van der Waals surface area contributed by atoms with Gasteiger partial charge in [-0.15, -0.1) is 0 Å². The molecule has 24 aromatic rings. The summed E-state index contributed by atoms with van der Waals surface area (Å²) in [5, 5.41) is 14.8. The Kier molecular flexibility index (Phi) is 20.9. The van der Waals surface area contributed by atoms with E-state index >= 15 is 0 Å². The van der Waals surface area contributed by atoms with Crippen LogP contribution >= 0.6 is 0 Å². The Morgan fingerprint density at radius 3 is 0.801 bits per heavy atom. The number of benzene rings is 21. The summed E-state index contributed by atoms with van der Waals surface area (Å²) in [6.45, 7) is 14.1. The lowest BCUT2D eigenvalue weighted by atomic mass is 9.80. The van der Waals surface area contributed by atoms with Crippen LogP contribution in [0.4, 0.5) is 0 Å². The lowest BCUT2D eigenvalue weighted by Gasteiger charge is -2.23. The van der Waals surface area contributed by atoms with Gasteiger partial charge in [0, 0.05) is 66.3 Å². The topological polar surface area (TPSA) is 77.3 Å². The van der Waals surface area contributed by atoms with Crippen molar-refractivity contribution in [3.05, 3.63) is 507 Å². The van der Waals surface area contributed by atoms with Crippen molar-refractivity contribution in [1.29, 1.82) is 0 Å². The molecule has 6 nitrogen and oxygen atoms in total. The molecule has 3 heterocycles. The first-order valence-corrected chi connectivity index (χ1v) is 48.8. The molecule has 27 rings (SSSR count). The molecule has 0 fully saturated rings. The van der Waals surface area contributed by atoms with Gasteiger partial charge >= 0.3 is 0 Å². The summed E-state index contributed by atoms with van der Waals surface area (Å²) in [5.41, 5.74) is 38.3. The number of hydrogen-bond donors (Lipinski definition) is 0. The largest absolute Gasteiger partial charge is 0.228 e. The molecule has 0 aliphatic heterocycles. The molecule has 3 aromatic heterocycles. The third kappa shape index (κ3) is 15.1. The van der Waals surface area contributed by atoms with Crippen LogP contribution in [0.2, 0.25) is 0 Å². The Balaban J connectivity index is 0.000000111. The van der Waals surface area contributed by atoms with Gasteiger partial charge in [-0.2, -0.15) is 0 Å². The second kappa shape index (κ2) is 34.6. The average molecular weight is 1800 g/mol. The number of rotatable bonds is 12. The first kappa shape index (κ1) is 85.1. The fraction of sp³-hybridized carbons (Fsp3) is 0.0667. The molecule has 0 atom stereocenters. The quantitative estimate of drug-likeness (QED) is 0.121. The Labute approximate surface area is 821 Å². The van der Waals surface area contributed by atoms with Crippen molar-refractivity contribution in [3.8, 4) is 168 Å². The van der Waals surface area contributed by atoms with Crippen molar-refractivity contribution in [2.24, 2.45) is 0 Å². The zero-order valence-electron chi connectivity index (χ0n) is 79.2. The van der Waals surface area contributed by atoms with Gasteiger partial charge in [-0.3, -0.25) is 0 Å². The van der Waals surface area contributed by atoms with E-state index in [1.165, 1.54) is 165 Å². The van der Waals surface area contributed by atoms with Gasteiger partial charge in [-0.1, -0.05) is 454 Å². The van der Waals surface area contributed by atoms with Gasteiger partial charge in [0.05, 0.1) is 34.2 Å². The molecule has 666 valence electrons. The molecule has 3 aliphatic carbocycles. The lowest BCUT2D eigenvalue weighted by Crippen LogP contribution is -2.14. The van der Waals surface area contributed by atoms with Crippen LogP contribution in [-0.2, 0) is 16.2 Å². The average Bonchev–Trinajstić information content (AvgIpc) is 1.56. The minimum atomic E-state index is -0.0931. The van der Waals surface area contributed by atoms with Crippen molar-refractivity contribution in [2.45, 2.75) is 57.8 Å². The molecule has 6 heteroatoms. The highest BCUT2D eigenvalue weighted by atomic mass is 14.9. The Morgan fingerprint density at radius 2 is 0.397 bits per heavy atom. The second-order valence-electron chi connectivity index (χ2n) is 39.1. The van der Waals surface area contributed by atoms with Crippen LogP contribution in [0.1, 0.15) is 74.9 Å². The third-order valence-corrected chi connectivity index (χ3v) is 29.6. The summed E-state index contributed by atoms with van der Waals surface area (Å²) in [6.07, 6.45) is 0. The first-order valence-electron chi connectivity index (χ1n) is 48.8. The van der Waals surface area contributed by atoms with E-state index in [1.807, 2.05) is 18.2 Å². The van der Waals surface area contributed by atoms with Crippen molar-refractivity contribution in [2.75, 3.05) is 0 Å². The van der Waals surface area contributed by atoms with Crippen LogP contribution in [0, 0.1) is 0 Å². The molecule has 141 heavy (non-hydrogen) atoms. The molecule has 0 spiro atoms. The van der Waals surface area contributed by atoms with Gasteiger partial charge in [-0.05, 0) is 225 Å². The van der Waals surface area contributed by atoms with Crippen LogP contribution in [0.25, 0.3) is 233 Å². The minimum absolute atomic E-state index is 0.0750. The number of hydrogen-bond acceptors (Lipinski definition) is 6. The van der Waals surface area contributed by atoms with Crippen molar-refractivity contribution < 1.29 is 0 Å². The molecule has 0 saturated carbocycles. The highest BCUT2D eigenvalue weighted by Gasteiger charge is 2.41. The van der Waals surface area contributed by atoms with Gasteiger partial charge in [0.15, 0.2) is 17.5 Å². The molecule has 0 saturated heterocycles. The smallest absolute Gasteiger partial charge is 0.160 e. The Hall–Kier alpha value is -17.6. The van der Waals surface area contributed by atoms with E-state index in [0.717, 1.165) is 90.1 Å². The summed E-state index contributed by atoms with van der Waals surface area (Å²) in [7, 11) is 0. The lowest BCUT2D eigenvalue weighted by molar-refractivity contribution is 0.661. The van der Waals surface area contributed by atoms with E-state index in [2.05, 4.69) is 497 Å². The van der Waals surface area contributed by atoms with E-state index in [9.17, 15) is 0 Å². The predicted molar refractivity (Wildman–Crippen MR) is 589 cm³/mol. The van der Waals surface area contributed by atoms with Gasteiger partial charge in [0.1, 0.15) is 0 Å². The van der Waals surface area contributed by atoms with Crippen molar-refractivity contribution >= 4 is 64.6 Å². The number of nitrogens with zero attached hydrogens (tertiary/aromatic N) is 6. The van der Waals surface area contributed by atoms with Crippen LogP contribution < -0.4 is 0 Å². The van der Waals surface area contributed by atoms with Crippen LogP contribution in [0.15, 0.2) is 473 Å². The zero-order valence-corrected chi connectivity index (χ0v) is 79.2. The van der Waals surface area contributed by atoms with E-state index < -0.39 is 0 Å². The second-order valence-corrected chi connectivity index (χ2v) is 39.1. The van der Waals surface area contributed by atoms with E-state index in [4.69, 9.17) is 29.9 Å². The van der Waals surface area contributed by atoms with Crippen LogP contribution in [0.3, 0.4) is 0 Å². The molecule has 3 aliphatic rings. The van der Waals surface area contributed by atoms with Gasteiger partial charge in [0.25, 0.3) is 0 Å². The first-order chi connectivity index (χ1) is 69.1. The third-order valence-electron chi connectivity index (χ3n) is 29.6. The molecule has 0 radical (unpaired) electrons. The predicted octanol–water partition coefficient (Wildman–Crippen LogP) is 35.3. The Bertz CT molecular complexity index is 8770. The van der Waals surface area contributed by atoms with E-state index in [-0.39, 0.29) is 16.2 Å². The summed E-state index contributed by atoms with van der Waals surface area (Å²) in [4.78, 5) is 31.1. The summed E-state index contributed by atoms with van der Waals surface area (Å²) in [6, 6.07) is 169. The zero-order chi connectivity index (χ0) is 94.6. The highest BCUT2D eigenvalue weighted by Crippen LogP contribution is 2.59. The van der Waals surface area contributed by atoms with Crippen molar-refractivity contribution in [1.82, 2.24) is 29.9 Å². The van der Waals surface area contributed by atoms with Gasteiger partial charge < -0.3 is 0 Å². The normalized spacial score (nSPS) is 13.1. The molecule has 0 unspecified atom stereocenters. The number of aromatic nitrogens is 6. The fourth-order valence-corrected chi connectivity index (χ4v) is 22.4. The molecule has 21 aromatic carbocycles. The van der Waals surface area contributed by atoms with E-state index in [1.54, 1.807) is 0 Å². The van der Waals surface area contributed by atoms with Gasteiger partial charge in [0.2, 0.25) is 0 Å². The SMILES string of the molecule is CC1(C)c2ccccc2-c2c1cc1ccccc1c2-c1ccc(-c2nc(-c3ccccc3)cc(-c3cccc4ccccc34)n2)cc1.CC1(C)c2ccccc2-c2c1cc1ccccc1c2-c1cccc(-c2nc(-c3ccccc3)cc(-c3ccc4ccccc4c3)n2)c1.CC1(C)c2ccccc2-c2c1cc1ccccc1c2-c1cccc(-c2nc(-c3ccccc3)cc(-c3ccc4ccccc4c3)n2)c1. The Morgan fingerprint density at radius 1 is 0.135 bits per heavy atom. The standard InChI is InChI=1S/3C45H32N2/c1-45(2)38-22-11-10-20-37(38)43-39(45)27-33-16-7-9-19-35(33)42(43)31-23-25-32(26-24-31)44-46-40(30-14-4-3-5-15-30)28-41(47-44)36-21-12-17-29-13-6-8-18-34(29)36;2*1-45(2)38-22-11-10-21-37(38)43-39(45)27-32-17-8-9-20-36(32)42(43)34-18-12-19-35(26-34)44-46-40(30-14-4-3-5-15-30)28-41(47-44)33-24-23-29-13-6-7-16-31(29)25-33/h3*3-28H,1-2H3. The summed E-state index contributed by atoms with van der Waals surface area (Å²) < 4.78 is 0. The monoisotopic (exact) mass is 1800 g/mol. The molecular weight excluding hydrogens is 1710 g/mol. The summed E-state index contributed by atoms with van der Waals surface area (Å²) >= 11 is 0. The van der Waals surface area contributed by atoms with Gasteiger partial charge in [-0.25, -0.2) is 29.9 Å². The van der Waals surface area contributed by atoms with Crippen LogP contribution in [0.5, 0.6) is 0 Å². The summed E-state index contributed by atoms with van der Waals surface area (Å²) in [5.74, 6) is 2.15. The molecule has 0 bridgehead atoms. The molecule has 0 amide bonds. The maximum atomic E-state index is 5.22. The fourth-order valence-electron chi connectivity index (χ4n) is 22.4. The van der Waals surface area contributed by atoms with E-state index in [0.29, 0.717) is 11.6 Å². The maximum absolute atomic E-state index is 5.22. The minimum Gasteiger partial charge on any atom is -0.228 e. The van der Waals surface area contributed by atoms with Crippen LogP contribution in [-0.4, -0.2) is 29.9 Å².